The Morgan fingerprint density at radius 3 is 2.71 bits per heavy atom. The molecule has 0 amide bonds. The number of benzene rings is 1. The fourth-order valence-electron chi connectivity index (χ4n) is 1.40. The Morgan fingerprint density at radius 1 is 1.21 bits per heavy atom. The quantitative estimate of drug-likeness (QED) is 0.793. The van der Waals surface area contributed by atoms with Crippen LogP contribution in [-0.2, 0) is 13.2 Å². The van der Waals surface area contributed by atoms with E-state index in [0.29, 0.717) is 0 Å². The molecule has 1 heterocycles. The number of aliphatic hydroxyl groups excluding tert-OH is 1. The molecule has 0 saturated heterocycles. The summed E-state index contributed by atoms with van der Waals surface area (Å²) in [6, 6.07) is 10.1. The molecule has 0 fully saturated rings. The largest absolute Gasteiger partial charge is 0.390 e. The van der Waals surface area contributed by atoms with Crippen LogP contribution >= 0.6 is 0 Å². The summed E-state index contributed by atoms with van der Waals surface area (Å²) < 4.78 is 1.94. The van der Waals surface area contributed by atoms with Crippen LogP contribution in [0.4, 0.5) is 0 Å². The maximum Gasteiger partial charge on any atom is 0.0952 e. The average Bonchev–Trinajstić information content (AvgIpc) is 2.67. The standard InChI is InChI=1S/C11H12N2O/c14-8-11-6-12-9-13(11)7-10-4-2-1-3-5-10/h1-6,9,14H,7-8H2/i12+1. The summed E-state index contributed by atoms with van der Waals surface area (Å²) >= 11 is 0. The van der Waals surface area contributed by atoms with Gasteiger partial charge in [-0.15, -0.1) is 0 Å². The molecular formula is C11H12N2O. The molecule has 1 N–H and O–H groups in total. The third-order valence-corrected chi connectivity index (χ3v) is 2.16. The predicted octanol–water partition coefficient (Wildman–Crippen LogP) is 1.42. The monoisotopic (exact) mass is 189 g/mol. The maximum atomic E-state index is 9.02. The van der Waals surface area contributed by atoms with Crippen molar-refractivity contribution in [3.8, 4) is 0 Å². The van der Waals surface area contributed by atoms with Crippen molar-refractivity contribution in [3.05, 3.63) is 54.1 Å². The molecule has 3 heteroatoms. The third-order valence-electron chi connectivity index (χ3n) is 2.16. The molecule has 0 aliphatic heterocycles. The Kier molecular flexibility index (Phi) is 2.60. The second kappa shape index (κ2) is 4.07. The maximum absolute atomic E-state index is 9.02. The van der Waals surface area contributed by atoms with Gasteiger partial charge in [0.25, 0.3) is 0 Å². The first kappa shape index (κ1) is 8.97. The van der Waals surface area contributed by atoms with Crippen LogP contribution < -0.4 is 0 Å². The zero-order valence-corrected chi connectivity index (χ0v) is 7.80. The first-order valence-corrected chi connectivity index (χ1v) is 4.54. The van der Waals surface area contributed by atoms with E-state index in [1.165, 1.54) is 5.56 Å². The van der Waals surface area contributed by atoms with E-state index in [1.54, 1.807) is 12.5 Å². The molecule has 0 unspecified atom stereocenters. The molecule has 0 aliphatic rings. The summed E-state index contributed by atoms with van der Waals surface area (Å²) in [4.78, 5) is 3.99. The molecule has 0 aliphatic carbocycles. The zero-order chi connectivity index (χ0) is 9.80. The number of hydrogen-bond acceptors (Lipinski definition) is 2. The number of hydrogen-bond donors (Lipinski definition) is 1. The first-order chi connectivity index (χ1) is 6.90. The number of aliphatic hydroxyl groups is 1. The van der Waals surface area contributed by atoms with Crippen molar-refractivity contribution in [1.29, 1.82) is 0 Å². The van der Waals surface area contributed by atoms with Crippen LogP contribution in [0.15, 0.2) is 42.9 Å². The van der Waals surface area contributed by atoms with Gasteiger partial charge in [-0.2, -0.15) is 0 Å². The van der Waals surface area contributed by atoms with E-state index in [2.05, 4.69) is 17.1 Å². The number of imidazole rings is 1. The highest BCUT2D eigenvalue weighted by molar-refractivity contribution is 5.16. The van der Waals surface area contributed by atoms with Crippen molar-refractivity contribution in [3.63, 3.8) is 0 Å². The number of rotatable bonds is 3. The fraction of sp³-hybridized carbons (Fsp3) is 0.182. The van der Waals surface area contributed by atoms with Crippen molar-refractivity contribution in [2.24, 2.45) is 0 Å². The summed E-state index contributed by atoms with van der Waals surface area (Å²) in [7, 11) is 0. The smallest absolute Gasteiger partial charge is 0.0952 e. The van der Waals surface area contributed by atoms with Gasteiger partial charge < -0.3 is 9.67 Å². The van der Waals surface area contributed by atoms with E-state index in [9.17, 15) is 0 Å². The van der Waals surface area contributed by atoms with Crippen LogP contribution in [0.1, 0.15) is 11.3 Å². The molecule has 2 rings (SSSR count). The van der Waals surface area contributed by atoms with E-state index < -0.39 is 0 Å². The molecule has 0 radical (unpaired) electrons. The molecule has 0 saturated carbocycles. The second-order valence-electron chi connectivity index (χ2n) is 3.16. The van der Waals surface area contributed by atoms with Crippen molar-refractivity contribution in [2.75, 3.05) is 0 Å². The van der Waals surface area contributed by atoms with Gasteiger partial charge in [0.2, 0.25) is 0 Å². The van der Waals surface area contributed by atoms with Gasteiger partial charge in [-0.1, -0.05) is 30.3 Å². The third kappa shape index (κ3) is 1.83. The fourth-order valence-corrected chi connectivity index (χ4v) is 1.40. The Balaban J connectivity index is 2.19. The lowest BCUT2D eigenvalue weighted by Crippen LogP contribution is -2.02. The highest BCUT2D eigenvalue weighted by Crippen LogP contribution is 2.05. The Hall–Kier alpha value is -1.61. The number of nitrogens with zero attached hydrogens (tertiary/aromatic N) is 2. The van der Waals surface area contributed by atoms with Crippen molar-refractivity contribution < 1.29 is 5.11 Å². The molecule has 1 aromatic heterocycles. The van der Waals surface area contributed by atoms with Crippen LogP contribution in [0.2, 0.25) is 0 Å². The van der Waals surface area contributed by atoms with Crippen LogP contribution in [-0.4, -0.2) is 14.7 Å². The van der Waals surface area contributed by atoms with Gasteiger partial charge in [0, 0.05) is 6.54 Å². The minimum absolute atomic E-state index is 0.0346. The molecule has 0 bridgehead atoms. The van der Waals surface area contributed by atoms with Gasteiger partial charge in [-0.05, 0) is 5.56 Å². The summed E-state index contributed by atoms with van der Waals surface area (Å²) in [5, 5.41) is 9.02. The number of aromatic nitrogens is 2. The minimum Gasteiger partial charge on any atom is -0.390 e. The van der Waals surface area contributed by atoms with Crippen molar-refractivity contribution in [1.82, 2.24) is 9.55 Å². The molecule has 0 atom stereocenters. The first-order valence-electron chi connectivity index (χ1n) is 4.54. The molecule has 2 aromatic rings. The topological polar surface area (TPSA) is 38.1 Å². The van der Waals surface area contributed by atoms with Crippen molar-refractivity contribution >= 4 is 0 Å². The van der Waals surface area contributed by atoms with E-state index in [1.807, 2.05) is 22.8 Å². The molecular weight excluding hydrogens is 177 g/mol. The van der Waals surface area contributed by atoms with Gasteiger partial charge >= 0.3 is 0 Å². The van der Waals surface area contributed by atoms with Gasteiger partial charge in [0.05, 0.1) is 24.8 Å². The Morgan fingerprint density at radius 2 is 2.00 bits per heavy atom. The predicted molar refractivity (Wildman–Crippen MR) is 53.7 cm³/mol. The van der Waals surface area contributed by atoms with Gasteiger partial charge in [-0.3, -0.25) is 0 Å². The van der Waals surface area contributed by atoms with E-state index >= 15 is 0 Å². The zero-order valence-electron chi connectivity index (χ0n) is 7.80. The summed E-state index contributed by atoms with van der Waals surface area (Å²) in [5.74, 6) is 0. The second-order valence-corrected chi connectivity index (χ2v) is 3.16. The highest BCUT2D eigenvalue weighted by Gasteiger charge is 2.00. The summed E-state index contributed by atoms with van der Waals surface area (Å²) in [6.07, 6.45) is 3.42. The molecule has 1 aromatic carbocycles. The van der Waals surface area contributed by atoms with Gasteiger partial charge in [-0.25, -0.2) is 4.98 Å². The molecule has 0 spiro atoms. The average molecular weight is 189 g/mol. The van der Waals surface area contributed by atoms with Crippen LogP contribution in [0.5, 0.6) is 0 Å². The Bertz CT molecular complexity index is 395. The van der Waals surface area contributed by atoms with E-state index in [4.69, 9.17) is 5.11 Å². The summed E-state index contributed by atoms with van der Waals surface area (Å²) in [5.41, 5.74) is 2.05. The Labute approximate surface area is 82.7 Å². The van der Waals surface area contributed by atoms with Crippen LogP contribution in [0, 0.1) is 0 Å². The van der Waals surface area contributed by atoms with Crippen LogP contribution in [0.25, 0.3) is 0 Å². The van der Waals surface area contributed by atoms with E-state index in [0.717, 1.165) is 12.2 Å². The summed E-state index contributed by atoms with van der Waals surface area (Å²) in [6.45, 7) is 0.795. The lowest BCUT2D eigenvalue weighted by Gasteiger charge is -2.05. The normalized spacial score (nSPS) is 10.4. The van der Waals surface area contributed by atoms with Gasteiger partial charge in [0.15, 0.2) is 0 Å². The molecule has 14 heavy (non-hydrogen) atoms. The minimum atomic E-state index is 0.0346. The van der Waals surface area contributed by atoms with E-state index in [-0.39, 0.29) is 6.61 Å². The lowest BCUT2D eigenvalue weighted by molar-refractivity contribution is 0.271. The van der Waals surface area contributed by atoms with Crippen LogP contribution in [0.3, 0.4) is 0 Å². The van der Waals surface area contributed by atoms with Gasteiger partial charge in [0.1, 0.15) is 0 Å². The molecule has 3 nitrogen and oxygen atoms in total. The molecule has 72 valence electrons. The highest BCUT2D eigenvalue weighted by atomic mass is 16.3. The SMILES string of the molecule is OCc1c[15n]cn1Cc1ccccc1. The lowest BCUT2D eigenvalue weighted by atomic mass is 10.2. The van der Waals surface area contributed by atoms with Crippen molar-refractivity contribution in [2.45, 2.75) is 13.2 Å².